The Labute approximate surface area is 276 Å². The summed E-state index contributed by atoms with van der Waals surface area (Å²) in [5.41, 5.74) is -0.675. The van der Waals surface area contributed by atoms with Gasteiger partial charge in [-0.1, -0.05) is 79.7 Å². The molecule has 2 bridgehead atoms. The van der Waals surface area contributed by atoms with Crippen LogP contribution in [0.5, 0.6) is 5.75 Å². The lowest BCUT2D eigenvalue weighted by atomic mass is 9.41. The normalized spacial score (nSPS) is 28.7. The molecule has 2 heterocycles. The lowest BCUT2D eigenvalue weighted by Crippen LogP contribution is -2.72. The van der Waals surface area contributed by atoms with E-state index in [-0.39, 0.29) is 0 Å². The van der Waals surface area contributed by atoms with Gasteiger partial charge in [0.15, 0.2) is 0 Å². The van der Waals surface area contributed by atoms with E-state index in [9.17, 15) is 24.0 Å². The van der Waals surface area contributed by atoms with E-state index < -0.39 is 64.2 Å². The largest absolute Gasteiger partial charge is 0.497 e. The van der Waals surface area contributed by atoms with Crippen LogP contribution in [0.3, 0.4) is 0 Å². The molecule has 0 spiro atoms. The minimum Gasteiger partial charge on any atom is -0.497 e. The number of imide groups is 2. The summed E-state index contributed by atoms with van der Waals surface area (Å²) in [6.45, 7) is 1.82. The predicted molar refractivity (Wildman–Crippen MR) is 178 cm³/mol. The minimum absolute atomic E-state index is 0.312. The average Bonchev–Trinajstić information content (AvgIpc) is 3.57. The van der Waals surface area contributed by atoms with Crippen molar-refractivity contribution in [2.45, 2.75) is 12.5 Å². The number of nitrogens with one attached hydrogen (secondary N) is 1. The number of para-hydroxylation sites is 2. The molecule has 48 heavy (non-hydrogen) atoms. The standard InChI is InChI=1S/C39H31N3O6/c1-38-28(23-18-20-27(48-2)21-19-23)22-39(40-33(43)24-12-6-3-7-13-24,31-29(38)34(44)41(36(31)46)25-14-8-4-9-15-25)32-30(38)35(45)42(37(32)47)26-16-10-5-11-17-26/h3-22,29-32H,1-2H3,(H,40,43)/t29-,30+,31+,32-,38?,39?. The maximum Gasteiger partial charge on any atom is 0.252 e. The molecular formula is C39H31N3O6. The quantitative estimate of drug-likeness (QED) is 0.301. The van der Waals surface area contributed by atoms with E-state index in [4.69, 9.17) is 4.74 Å². The van der Waals surface area contributed by atoms with Gasteiger partial charge in [-0.3, -0.25) is 24.0 Å². The third kappa shape index (κ3) is 3.87. The second-order valence-corrected chi connectivity index (χ2v) is 12.9. The van der Waals surface area contributed by atoms with Crippen LogP contribution < -0.4 is 19.9 Å². The van der Waals surface area contributed by atoms with E-state index >= 15 is 0 Å². The Morgan fingerprint density at radius 1 is 0.625 bits per heavy atom. The summed E-state index contributed by atoms with van der Waals surface area (Å²) in [6, 6.07) is 33.0. The maximum atomic E-state index is 14.8. The molecule has 9 nitrogen and oxygen atoms in total. The zero-order chi connectivity index (χ0) is 33.4. The molecule has 238 valence electrons. The number of allylic oxidation sites excluding steroid dienone is 1. The summed E-state index contributed by atoms with van der Waals surface area (Å²) in [4.78, 5) is 75.6. The second kappa shape index (κ2) is 10.6. The van der Waals surface area contributed by atoms with Gasteiger partial charge < -0.3 is 10.1 Å². The molecule has 2 saturated heterocycles. The number of anilines is 2. The van der Waals surface area contributed by atoms with E-state index in [2.05, 4.69) is 5.32 Å². The molecule has 9 rings (SSSR count). The monoisotopic (exact) mass is 637 g/mol. The Hall–Kier alpha value is -5.83. The van der Waals surface area contributed by atoms with Gasteiger partial charge in [0.05, 0.1) is 47.7 Å². The van der Waals surface area contributed by atoms with Crippen molar-refractivity contribution in [2.75, 3.05) is 16.9 Å². The molecule has 9 heteroatoms. The van der Waals surface area contributed by atoms with Crippen molar-refractivity contribution >= 4 is 46.5 Å². The lowest BCUT2D eigenvalue weighted by Gasteiger charge is -2.60. The fraction of sp³-hybridized carbons (Fsp3) is 0.205. The van der Waals surface area contributed by atoms with Crippen molar-refractivity contribution in [1.29, 1.82) is 0 Å². The molecule has 0 radical (unpaired) electrons. The van der Waals surface area contributed by atoms with Crippen LogP contribution in [0.2, 0.25) is 0 Å². The molecular weight excluding hydrogens is 606 g/mol. The SMILES string of the molecule is COc1ccc(C2=CC3(NC(=O)c4ccccc4)[C@@H]4C(=O)N(c5ccccc5)C(=O)[C@@H]4C2(C)[C@@H]2C(=O)N(c4ccccc4)C(=O)[C@@H]23)cc1. The second-order valence-electron chi connectivity index (χ2n) is 12.9. The molecule has 1 N–H and O–H groups in total. The molecule has 3 fully saturated rings. The van der Waals surface area contributed by atoms with Crippen LogP contribution in [0, 0.1) is 29.1 Å². The van der Waals surface area contributed by atoms with Crippen molar-refractivity contribution < 1.29 is 28.7 Å². The topological polar surface area (TPSA) is 113 Å². The predicted octanol–water partition coefficient (Wildman–Crippen LogP) is 4.89. The summed E-state index contributed by atoms with van der Waals surface area (Å²) >= 11 is 0. The highest BCUT2D eigenvalue weighted by atomic mass is 16.5. The van der Waals surface area contributed by atoms with Crippen LogP contribution in [0.15, 0.2) is 121 Å². The first kappa shape index (κ1) is 29.6. The Balaban J connectivity index is 1.41. The highest BCUT2D eigenvalue weighted by Gasteiger charge is 2.80. The zero-order valence-corrected chi connectivity index (χ0v) is 26.2. The summed E-state index contributed by atoms with van der Waals surface area (Å²) in [5.74, 6) is -6.42. The number of ether oxygens (including phenoxy) is 1. The molecule has 4 aromatic carbocycles. The molecule has 1 saturated carbocycles. The lowest BCUT2D eigenvalue weighted by molar-refractivity contribution is -0.147. The molecule has 3 aliphatic carbocycles. The first-order valence-electron chi connectivity index (χ1n) is 15.8. The van der Waals surface area contributed by atoms with E-state index in [1.807, 2.05) is 19.1 Å². The molecule has 4 aromatic rings. The highest BCUT2D eigenvalue weighted by molar-refractivity contribution is 6.29. The summed E-state index contributed by atoms with van der Waals surface area (Å²) < 4.78 is 5.40. The van der Waals surface area contributed by atoms with Gasteiger partial charge in [0.25, 0.3) is 5.91 Å². The van der Waals surface area contributed by atoms with Crippen LogP contribution in [0.1, 0.15) is 22.8 Å². The molecule has 2 unspecified atom stereocenters. The van der Waals surface area contributed by atoms with Gasteiger partial charge in [-0.2, -0.15) is 0 Å². The van der Waals surface area contributed by atoms with Crippen LogP contribution in [0.4, 0.5) is 11.4 Å². The smallest absolute Gasteiger partial charge is 0.252 e. The fourth-order valence-electron chi connectivity index (χ4n) is 8.68. The van der Waals surface area contributed by atoms with Crippen LogP contribution in [-0.4, -0.2) is 42.2 Å². The third-order valence-corrected chi connectivity index (χ3v) is 10.7. The Morgan fingerprint density at radius 2 is 1.06 bits per heavy atom. The highest BCUT2D eigenvalue weighted by Crippen LogP contribution is 2.70. The molecule has 5 aliphatic rings. The summed E-state index contributed by atoms with van der Waals surface area (Å²) in [7, 11) is 1.56. The first-order chi connectivity index (χ1) is 23.2. The minimum atomic E-state index is -1.73. The number of amides is 5. The Kier molecular flexibility index (Phi) is 6.53. The fourth-order valence-corrected chi connectivity index (χ4v) is 8.68. The number of hydrogen-bond donors (Lipinski definition) is 1. The number of rotatable bonds is 6. The van der Waals surface area contributed by atoms with Crippen molar-refractivity contribution in [3.63, 3.8) is 0 Å². The van der Waals surface area contributed by atoms with Crippen LogP contribution in [-0.2, 0) is 19.2 Å². The van der Waals surface area contributed by atoms with E-state index in [0.717, 1.165) is 9.80 Å². The van der Waals surface area contributed by atoms with Gasteiger partial charge in [-0.05, 0) is 59.7 Å². The van der Waals surface area contributed by atoms with Gasteiger partial charge in [-0.15, -0.1) is 0 Å². The van der Waals surface area contributed by atoms with Gasteiger partial charge in [0, 0.05) is 11.0 Å². The Morgan fingerprint density at radius 3 is 1.52 bits per heavy atom. The van der Waals surface area contributed by atoms with Crippen molar-refractivity contribution in [3.8, 4) is 5.75 Å². The van der Waals surface area contributed by atoms with Gasteiger partial charge >= 0.3 is 0 Å². The molecule has 2 aliphatic heterocycles. The number of hydrogen-bond acceptors (Lipinski definition) is 6. The van der Waals surface area contributed by atoms with E-state index in [0.29, 0.717) is 33.8 Å². The van der Waals surface area contributed by atoms with E-state index in [1.54, 1.807) is 116 Å². The molecule has 5 amide bonds. The zero-order valence-electron chi connectivity index (χ0n) is 26.2. The molecule has 0 aromatic heterocycles. The number of carbonyl (C=O) groups excluding carboxylic acids is 5. The number of methoxy groups -OCH3 is 1. The van der Waals surface area contributed by atoms with Gasteiger partial charge in [0.2, 0.25) is 23.6 Å². The van der Waals surface area contributed by atoms with Gasteiger partial charge in [-0.25, -0.2) is 9.80 Å². The first-order valence-corrected chi connectivity index (χ1v) is 15.8. The summed E-state index contributed by atoms with van der Waals surface area (Å²) in [6.07, 6.45) is 1.79. The number of carbonyl (C=O) groups is 5. The average molecular weight is 638 g/mol. The van der Waals surface area contributed by atoms with Crippen LogP contribution >= 0.6 is 0 Å². The van der Waals surface area contributed by atoms with Crippen molar-refractivity contribution in [3.05, 3.63) is 132 Å². The number of benzene rings is 4. The Bertz CT molecular complexity index is 1940. The van der Waals surface area contributed by atoms with E-state index in [1.165, 1.54) is 0 Å². The van der Waals surface area contributed by atoms with Gasteiger partial charge in [0.1, 0.15) is 5.75 Å². The number of nitrogens with zero attached hydrogens (tertiary/aromatic N) is 2. The molecule has 6 atom stereocenters. The van der Waals surface area contributed by atoms with Crippen molar-refractivity contribution in [1.82, 2.24) is 5.32 Å². The van der Waals surface area contributed by atoms with Crippen LogP contribution in [0.25, 0.3) is 5.57 Å². The third-order valence-electron chi connectivity index (χ3n) is 10.7. The maximum absolute atomic E-state index is 14.8. The van der Waals surface area contributed by atoms with Crippen molar-refractivity contribution in [2.24, 2.45) is 29.1 Å². The summed E-state index contributed by atoms with van der Waals surface area (Å²) in [5, 5.41) is 3.13.